The lowest BCUT2D eigenvalue weighted by Crippen LogP contribution is -2.35. The monoisotopic (exact) mass is 177 g/mol. The lowest BCUT2D eigenvalue weighted by atomic mass is 10.2. The third kappa shape index (κ3) is 2.70. The van der Waals surface area contributed by atoms with E-state index in [4.69, 9.17) is 0 Å². The summed E-state index contributed by atoms with van der Waals surface area (Å²) in [6.45, 7) is 3.68. The van der Waals surface area contributed by atoms with E-state index in [1.165, 1.54) is 6.42 Å². The van der Waals surface area contributed by atoms with Crippen molar-refractivity contribution in [3.8, 4) is 0 Å². The maximum atomic E-state index is 12.1. The van der Waals surface area contributed by atoms with Crippen LogP contribution in [0.4, 0.5) is 8.78 Å². The van der Waals surface area contributed by atoms with Crippen molar-refractivity contribution in [1.29, 1.82) is 0 Å². The highest BCUT2D eigenvalue weighted by molar-refractivity contribution is 4.94. The number of alkyl halides is 2. The van der Waals surface area contributed by atoms with Gasteiger partial charge < -0.3 is 5.32 Å². The maximum absolute atomic E-state index is 12.1. The van der Waals surface area contributed by atoms with Gasteiger partial charge in [-0.15, -0.1) is 0 Å². The summed E-state index contributed by atoms with van der Waals surface area (Å²) in [5.74, 6) is 0.663. The molecule has 0 aromatic carbocycles. The second kappa shape index (κ2) is 4.17. The number of halogens is 2. The Morgan fingerprint density at radius 1 is 1.50 bits per heavy atom. The third-order valence-corrected chi connectivity index (χ3v) is 2.44. The second-order valence-electron chi connectivity index (χ2n) is 3.68. The van der Waals surface area contributed by atoms with E-state index in [9.17, 15) is 8.78 Å². The maximum Gasteiger partial charge on any atom is 0.253 e. The van der Waals surface area contributed by atoms with Crippen LogP contribution in [0.1, 0.15) is 33.1 Å². The average Bonchev–Trinajstić information content (AvgIpc) is 2.68. The Balaban J connectivity index is 2.10. The smallest absolute Gasteiger partial charge is 0.253 e. The molecule has 1 saturated carbocycles. The minimum absolute atomic E-state index is 0.369. The van der Waals surface area contributed by atoms with Crippen molar-refractivity contribution in [3.63, 3.8) is 0 Å². The van der Waals surface area contributed by atoms with Crippen molar-refractivity contribution in [2.75, 3.05) is 0 Å². The SMILES string of the molecule is CCCC1CC1NC(C)C(F)F. The Kier molecular flexibility index (Phi) is 3.44. The van der Waals surface area contributed by atoms with Crippen LogP contribution in [-0.2, 0) is 0 Å². The fraction of sp³-hybridized carbons (Fsp3) is 1.00. The summed E-state index contributed by atoms with van der Waals surface area (Å²) in [6.07, 6.45) is 1.19. The largest absolute Gasteiger partial charge is 0.306 e. The molecule has 0 saturated heterocycles. The summed E-state index contributed by atoms with van der Waals surface area (Å²) < 4.78 is 24.1. The molecule has 0 aromatic rings. The molecule has 3 atom stereocenters. The van der Waals surface area contributed by atoms with Gasteiger partial charge >= 0.3 is 0 Å². The minimum Gasteiger partial charge on any atom is -0.306 e. The molecule has 72 valence electrons. The van der Waals surface area contributed by atoms with Crippen LogP contribution in [0.5, 0.6) is 0 Å². The third-order valence-electron chi connectivity index (χ3n) is 2.44. The molecule has 0 heterocycles. The Bertz CT molecular complexity index is 138. The van der Waals surface area contributed by atoms with Gasteiger partial charge in [0.2, 0.25) is 0 Å². The molecule has 0 aromatic heterocycles. The molecule has 0 radical (unpaired) electrons. The van der Waals surface area contributed by atoms with E-state index in [-0.39, 0.29) is 0 Å². The van der Waals surface area contributed by atoms with Gasteiger partial charge in [-0.1, -0.05) is 13.3 Å². The second-order valence-corrected chi connectivity index (χ2v) is 3.68. The van der Waals surface area contributed by atoms with Crippen molar-refractivity contribution >= 4 is 0 Å². The van der Waals surface area contributed by atoms with E-state index in [1.807, 2.05) is 0 Å². The lowest BCUT2D eigenvalue weighted by Gasteiger charge is -2.11. The van der Waals surface area contributed by atoms with E-state index in [0.717, 1.165) is 12.8 Å². The zero-order valence-corrected chi connectivity index (χ0v) is 7.69. The first kappa shape index (κ1) is 9.90. The summed E-state index contributed by atoms with van der Waals surface area (Å²) in [5, 5.41) is 2.94. The van der Waals surface area contributed by atoms with Gasteiger partial charge in [0.1, 0.15) is 0 Å². The van der Waals surface area contributed by atoms with Crippen LogP contribution in [0, 0.1) is 5.92 Å². The van der Waals surface area contributed by atoms with Crippen LogP contribution in [0.25, 0.3) is 0 Å². The Labute approximate surface area is 72.5 Å². The first-order valence-corrected chi connectivity index (χ1v) is 4.69. The van der Waals surface area contributed by atoms with Gasteiger partial charge in [-0.05, 0) is 25.7 Å². The Morgan fingerprint density at radius 2 is 2.17 bits per heavy atom. The highest BCUT2D eigenvalue weighted by Crippen LogP contribution is 2.35. The van der Waals surface area contributed by atoms with Crippen molar-refractivity contribution in [2.24, 2.45) is 5.92 Å². The zero-order valence-electron chi connectivity index (χ0n) is 7.69. The molecule has 1 fully saturated rings. The molecule has 3 heteroatoms. The van der Waals surface area contributed by atoms with Gasteiger partial charge in [0.25, 0.3) is 6.43 Å². The van der Waals surface area contributed by atoms with Crippen LogP contribution in [0.2, 0.25) is 0 Å². The molecular weight excluding hydrogens is 160 g/mol. The summed E-state index contributed by atoms with van der Waals surface area (Å²) in [4.78, 5) is 0. The van der Waals surface area contributed by atoms with Crippen LogP contribution in [0.15, 0.2) is 0 Å². The van der Waals surface area contributed by atoms with Crippen LogP contribution >= 0.6 is 0 Å². The fourth-order valence-corrected chi connectivity index (χ4v) is 1.55. The number of rotatable bonds is 5. The van der Waals surface area contributed by atoms with Gasteiger partial charge in [-0.2, -0.15) is 0 Å². The molecule has 1 nitrogen and oxygen atoms in total. The quantitative estimate of drug-likeness (QED) is 0.680. The molecule has 0 aliphatic heterocycles. The van der Waals surface area contributed by atoms with E-state index in [1.54, 1.807) is 6.92 Å². The summed E-state index contributed by atoms with van der Waals surface area (Å²) in [5.41, 5.74) is 0. The number of nitrogens with one attached hydrogen (secondary N) is 1. The molecule has 0 amide bonds. The van der Waals surface area contributed by atoms with Crippen LogP contribution in [-0.4, -0.2) is 18.5 Å². The Hall–Kier alpha value is -0.180. The predicted octanol–water partition coefficient (Wildman–Crippen LogP) is 2.42. The molecule has 3 unspecified atom stereocenters. The molecule has 12 heavy (non-hydrogen) atoms. The lowest BCUT2D eigenvalue weighted by molar-refractivity contribution is 0.104. The van der Waals surface area contributed by atoms with E-state index in [0.29, 0.717) is 12.0 Å². The first-order valence-electron chi connectivity index (χ1n) is 4.69. The standard InChI is InChI=1S/C9H17F2N/c1-3-4-7-5-8(7)12-6(2)9(10)11/h6-9,12H,3-5H2,1-2H3. The first-order chi connectivity index (χ1) is 5.65. The fourth-order valence-electron chi connectivity index (χ4n) is 1.55. The summed E-state index contributed by atoms with van der Waals surface area (Å²) in [7, 11) is 0. The summed E-state index contributed by atoms with van der Waals surface area (Å²) >= 11 is 0. The van der Waals surface area contributed by atoms with Crippen molar-refractivity contribution < 1.29 is 8.78 Å². The van der Waals surface area contributed by atoms with Gasteiger partial charge in [-0.25, -0.2) is 8.78 Å². The van der Waals surface area contributed by atoms with Gasteiger partial charge in [0.15, 0.2) is 0 Å². The van der Waals surface area contributed by atoms with Gasteiger partial charge in [-0.3, -0.25) is 0 Å². The van der Waals surface area contributed by atoms with E-state index < -0.39 is 12.5 Å². The summed E-state index contributed by atoms with van der Waals surface area (Å²) in [6, 6.07) is -0.272. The van der Waals surface area contributed by atoms with E-state index >= 15 is 0 Å². The molecular formula is C9H17F2N. The van der Waals surface area contributed by atoms with Crippen molar-refractivity contribution in [2.45, 2.75) is 51.6 Å². The number of hydrogen-bond acceptors (Lipinski definition) is 1. The topological polar surface area (TPSA) is 12.0 Å². The highest BCUT2D eigenvalue weighted by Gasteiger charge is 2.37. The number of hydrogen-bond donors (Lipinski definition) is 1. The zero-order chi connectivity index (χ0) is 9.14. The molecule has 1 N–H and O–H groups in total. The highest BCUT2D eigenvalue weighted by atomic mass is 19.3. The minimum atomic E-state index is -2.23. The van der Waals surface area contributed by atoms with Gasteiger partial charge in [0, 0.05) is 6.04 Å². The molecule has 0 bridgehead atoms. The molecule has 1 rings (SSSR count). The normalized spacial score (nSPS) is 30.8. The van der Waals surface area contributed by atoms with Crippen LogP contribution < -0.4 is 5.32 Å². The molecule has 1 aliphatic rings. The van der Waals surface area contributed by atoms with Crippen LogP contribution in [0.3, 0.4) is 0 Å². The average molecular weight is 177 g/mol. The van der Waals surface area contributed by atoms with Crippen molar-refractivity contribution in [3.05, 3.63) is 0 Å². The van der Waals surface area contributed by atoms with Gasteiger partial charge in [0.05, 0.1) is 6.04 Å². The predicted molar refractivity (Wildman–Crippen MR) is 45.4 cm³/mol. The van der Waals surface area contributed by atoms with E-state index in [2.05, 4.69) is 12.2 Å². The molecule has 0 spiro atoms. The molecule has 1 aliphatic carbocycles. The Morgan fingerprint density at radius 3 is 2.67 bits per heavy atom. The van der Waals surface area contributed by atoms with Crippen molar-refractivity contribution in [1.82, 2.24) is 5.32 Å².